The molecule has 0 unspecified atom stereocenters. The van der Waals surface area contributed by atoms with Crippen molar-refractivity contribution >= 4 is 5.78 Å². The lowest BCUT2D eigenvalue weighted by Gasteiger charge is -2.28. The number of carbonyl (C=O) groups is 1. The Balaban J connectivity index is 1.84. The molecule has 0 radical (unpaired) electrons. The lowest BCUT2D eigenvalue weighted by atomic mass is 9.88. The van der Waals surface area contributed by atoms with Gasteiger partial charge >= 0.3 is 0 Å². The quantitative estimate of drug-likeness (QED) is 0.630. The largest absolute Gasteiger partial charge is 0.508 e. The van der Waals surface area contributed by atoms with E-state index in [-0.39, 0.29) is 29.3 Å². The second-order valence-corrected chi connectivity index (χ2v) is 9.11. The topological polar surface area (TPSA) is 96.2 Å². The molecule has 0 spiro atoms. The van der Waals surface area contributed by atoms with E-state index in [1.54, 1.807) is 38.1 Å². The number of fused-ring (bicyclic) bond motifs is 3. The smallest absolute Gasteiger partial charge is 0.174 e. The molecule has 3 N–H and O–H groups in total. The van der Waals surface area contributed by atoms with Crippen LogP contribution in [-0.4, -0.2) is 32.8 Å². The molecule has 2 aliphatic heterocycles. The molecule has 0 fully saturated rings. The van der Waals surface area contributed by atoms with Gasteiger partial charge in [-0.25, -0.2) is 0 Å². The number of aliphatic hydroxyl groups is 1. The van der Waals surface area contributed by atoms with E-state index in [1.165, 1.54) is 0 Å². The van der Waals surface area contributed by atoms with E-state index < -0.39 is 17.8 Å². The molecule has 6 nitrogen and oxygen atoms in total. The number of benzene rings is 2. The van der Waals surface area contributed by atoms with Gasteiger partial charge in [-0.15, -0.1) is 0 Å². The number of ether oxygens (including phenoxy) is 2. The number of phenols is 2. The third-order valence-corrected chi connectivity index (χ3v) is 5.90. The Bertz CT molecular complexity index is 1060. The summed E-state index contributed by atoms with van der Waals surface area (Å²) in [5.74, 6) is 0.631. The number of rotatable bonds is 4. The Morgan fingerprint density at radius 1 is 1.10 bits per heavy atom. The minimum absolute atomic E-state index is 0.0853. The highest BCUT2D eigenvalue weighted by Crippen LogP contribution is 2.52. The van der Waals surface area contributed by atoms with Crippen molar-refractivity contribution in [1.29, 1.82) is 0 Å². The number of carbonyl (C=O) groups excluding carboxylic acids is 1. The number of hydrogen-bond donors (Lipinski definition) is 3. The molecule has 0 aromatic heterocycles. The lowest BCUT2D eigenvalue weighted by Crippen LogP contribution is -2.39. The van der Waals surface area contributed by atoms with Crippen LogP contribution < -0.4 is 9.47 Å². The molecule has 0 saturated heterocycles. The molecule has 2 atom stereocenters. The van der Waals surface area contributed by atoms with Crippen LogP contribution in [0.15, 0.2) is 35.9 Å². The zero-order chi connectivity index (χ0) is 22.5. The Kier molecular flexibility index (Phi) is 5.21. The molecule has 31 heavy (non-hydrogen) atoms. The molecule has 0 bridgehead atoms. The van der Waals surface area contributed by atoms with Crippen LogP contribution in [0.3, 0.4) is 0 Å². The molecule has 2 aromatic rings. The second-order valence-electron chi connectivity index (χ2n) is 9.11. The molecule has 0 amide bonds. The first-order valence-electron chi connectivity index (χ1n) is 10.5. The third kappa shape index (κ3) is 3.88. The Hall–Kier alpha value is -2.99. The Morgan fingerprint density at radius 2 is 1.77 bits per heavy atom. The maximum absolute atomic E-state index is 13.1. The van der Waals surface area contributed by atoms with Gasteiger partial charge in [-0.3, -0.25) is 4.79 Å². The molecule has 2 aliphatic rings. The van der Waals surface area contributed by atoms with Crippen LogP contribution in [0.25, 0.3) is 0 Å². The number of ketones is 1. The summed E-state index contributed by atoms with van der Waals surface area (Å²) in [5.41, 5.74) is 2.17. The number of aromatic hydroxyl groups is 2. The first-order chi connectivity index (χ1) is 14.6. The first kappa shape index (κ1) is 21.2. The molecule has 4 rings (SSSR count). The average molecular weight is 424 g/mol. The van der Waals surface area contributed by atoms with Gasteiger partial charge in [0, 0.05) is 17.5 Å². The molecular weight excluding hydrogens is 396 g/mol. The molecular formula is C25H28O6. The van der Waals surface area contributed by atoms with E-state index in [2.05, 4.69) is 0 Å². The van der Waals surface area contributed by atoms with Gasteiger partial charge in [0.15, 0.2) is 5.78 Å². The predicted octanol–water partition coefficient (Wildman–Crippen LogP) is 4.39. The van der Waals surface area contributed by atoms with Crippen LogP contribution in [0.5, 0.6) is 23.0 Å². The van der Waals surface area contributed by atoms with E-state index in [9.17, 15) is 20.1 Å². The van der Waals surface area contributed by atoms with E-state index in [1.807, 2.05) is 19.9 Å². The van der Waals surface area contributed by atoms with E-state index in [0.29, 0.717) is 35.5 Å². The third-order valence-electron chi connectivity index (χ3n) is 5.90. The van der Waals surface area contributed by atoms with Crippen molar-refractivity contribution in [2.45, 2.75) is 64.8 Å². The van der Waals surface area contributed by atoms with Crippen molar-refractivity contribution in [1.82, 2.24) is 0 Å². The maximum atomic E-state index is 13.1. The van der Waals surface area contributed by atoms with Gasteiger partial charge in [-0.05, 0) is 51.8 Å². The zero-order valence-corrected chi connectivity index (χ0v) is 18.2. The van der Waals surface area contributed by atoms with Crippen LogP contribution in [-0.2, 0) is 12.8 Å². The van der Waals surface area contributed by atoms with Gasteiger partial charge in [0.05, 0.1) is 12.0 Å². The van der Waals surface area contributed by atoms with E-state index >= 15 is 0 Å². The summed E-state index contributed by atoms with van der Waals surface area (Å²) < 4.78 is 12.4. The van der Waals surface area contributed by atoms with Gasteiger partial charge in [-0.2, -0.15) is 0 Å². The summed E-state index contributed by atoms with van der Waals surface area (Å²) >= 11 is 0. The fraction of sp³-hybridized carbons (Fsp3) is 0.400. The van der Waals surface area contributed by atoms with Gasteiger partial charge in [0.2, 0.25) is 0 Å². The normalized spacial score (nSPS) is 19.8. The molecule has 164 valence electrons. The zero-order valence-electron chi connectivity index (χ0n) is 18.2. The van der Waals surface area contributed by atoms with Crippen molar-refractivity contribution in [2.24, 2.45) is 0 Å². The van der Waals surface area contributed by atoms with Gasteiger partial charge < -0.3 is 24.8 Å². The lowest BCUT2D eigenvalue weighted by molar-refractivity contribution is -0.0232. The van der Waals surface area contributed by atoms with E-state index in [0.717, 1.165) is 11.1 Å². The Labute approximate surface area is 181 Å². The summed E-state index contributed by atoms with van der Waals surface area (Å²) in [5, 5.41) is 31.2. The first-order valence-corrected chi connectivity index (χ1v) is 10.5. The maximum Gasteiger partial charge on any atom is 0.174 e. The van der Waals surface area contributed by atoms with Crippen LogP contribution >= 0.6 is 0 Å². The van der Waals surface area contributed by atoms with Crippen LogP contribution in [0.2, 0.25) is 0 Å². The molecule has 2 aromatic carbocycles. The molecule has 0 aliphatic carbocycles. The standard InChI is InChI=1S/C25H28O6/c1-13(2)5-10-16-22(28)21-18(27)12-19(14-6-8-15(26)9-7-14)30-24(21)17-11-20(25(3,4)29)31-23(16)17/h5-9,19-20,26,28-29H,10-12H2,1-4H3/t19-,20-/m1/s1. The summed E-state index contributed by atoms with van der Waals surface area (Å²) in [6.45, 7) is 7.28. The Morgan fingerprint density at radius 3 is 2.39 bits per heavy atom. The van der Waals surface area contributed by atoms with Gasteiger partial charge in [0.1, 0.15) is 40.8 Å². The molecule has 0 saturated carbocycles. The predicted molar refractivity (Wildman–Crippen MR) is 116 cm³/mol. The molecule has 2 heterocycles. The summed E-state index contributed by atoms with van der Waals surface area (Å²) in [6.07, 6.45) is 1.79. The number of allylic oxidation sites excluding steroid dienone is 2. The van der Waals surface area contributed by atoms with Crippen LogP contribution in [0.4, 0.5) is 0 Å². The highest BCUT2D eigenvalue weighted by Gasteiger charge is 2.43. The number of phenolic OH excluding ortho intramolecular Hbond substituents is 2. The highest BCUT2D eigenvalue weighted by atomic mass is 16.5. The summed E-state index contributed by atoms with van der Waals surface area (Å²) in [4.78, 5) is 13.1. The van der Waals surface area contributed by atoms with Gasteiger partial charge in [-0.1, -0.05) is 23.8 Å². The summed E-state index contributed by atoms with van der Waals surface area (Å²) in [7, 11) is 0. The second kappa shape index (κ2) is 7.61. The van der Waals surface area contributed by atoms with Crippen molar-refractivity contribution in [3.8, 4) is 23.0 Å². The monoisotopic (exact) mass is 424 g/mol. The van der Waals surface area contributed by atoms with Crippen molar-refractivity contribution < 1.29 is 29.6 Å². The average Bonchev–Trinajstić information content (AvgIpc) is 3.13. The van der Waals surface area contributed by atoms with Crippen molar-refractivity contribution in [3.63, 3.8) is 0 Å². The SMILES string of the molecule is CC(C)=CCc1c(O)c2c(c3c1O[C@@H](C(C)(C)O)C3)O[C@@H](c1ccc(O)cc1)CC2=O. The van der Waals surface area contributed by atoms with Crippen molar-refractivity contribution in [3.05, 3.63) is 58.2 Å². The van der Waals surface area contributed by atoms with Gasteiger partial charge in [0.25, 0.3) is 0 Å². The van der Waals surface area contributed by atoms with Crippen LogP contribution in [0, 0.1) is 0 Å². The summed E-state index contributed by atoms with van der Waals surface area (Å²) in [6, 6.07) is 6.54. The van der Waals surface area contributed by atoms with E-state index in [4.69, 9.17) is 9.47 Å². The van der Waals surface area contributed by atoms with Crippen molar-refractivity contribution in [2.75, 3.05) is 0 Å². The fourth-order valence-corrected chi connectivity index (χ4v) is 4.11. The fourth-order valence-electron chi connectivity index (χ4n) is 4.11. The number of hydrogen-bond acceptors (Lipinski definition) is 6. The molecule has 6 heteroatoms. The highest BCUT2D eigenvalue weighted by molar-refractivity contribution is 6.04. The van der Waals surface area contributed by atoms with Crippen LogP contribution in [0.1, 0.15) is 67.3 Å². The minimum Gasteiger partial charge on any atom is -0.508 e. The number of Topliss-reactive ketones (excluding diaryl/α,β-unsaturated/α-hetero) is 1. The minimum atomic E-state index is -1.11.